The molecular formula is C12H13BrO4. The fourth-order valence-corrected chi connectivity index (χ4v) is 1.89. The van der Waals surface area contributed by atoms with Gasteiger partial charge in [-0.25, -0.2) is 0 Å². The van der Waals surface area contributed by atoms with Crippen molar-refractivity contribution >= 4 is 21.9 Å². The SMILES string of the molecule is O=C(O)C(Br)CCc1ccc2c(c1)OCCO2. The fraction of sp³-hybridized carbons (Fsp3) is 0.417. The number of hydrogen-bond donors (Lipinski definition) is 1. The lowest BCUT2D eigenvalue weighted by Gasteiger charge is -2.18. The second-order valence-corrected chi connectivity index (χ2v) is 4.93. The molecule has 0 saturated carbocycles. The number of benzene rings is 1. The molecule has 0 amide bonds. The molecule has 1 unspecified atom stereocenters. The summed E-state index contributed by atoms with van der Waals surface area (Å²) in [4.78, 5) is 10.2. The molecule has 1 aromatic carbocycles. The number of rotatable bonds is 4. The van der Waals surface area contributed by atoms with Crippen LogP contribution in [0.3, 0.4) is 0 Å². The highest BCUT2D eigenvalue weighted by molar-refractivity contribution is 9.10. The molecule has 0 bridgehead atoms. The standard InChI is InChI=1S/C12H13BrO4/c13-9(12(14)15)3-1-8-2-4-10-11(7-8)17-6-5-16-10/h2,4,7,9H,1,3,5-6H2,(H,14,15). The van der Waals surface area contributed by atoms with Crippen LogP contribution in [0.4, 0.5) is 0 Å². The molecule has 0 aliphatic carbocycles. The van der Waals surface area contributed by atoms with E-state index in [-0.39, 0.29) is 0 Å². The summed E-state index contributed by atoms with van der Waals surface area (Å²) in [5, 5.41) is 8.76. The molecule has 0 saturated heterocycles. The Morgan fingerprint density at radius 2 is 2.06 bits per heavy atom. The lowest BCUT2D eigenvalue weighted by molar-refractivity contribution is -0.136. The van der Waals surface area contributed by atoms with E-state index in [1.165, 1.54) is 0 Å². The molecule has 1 atom stereocenters. The summed E-state index contributed by atoms with van der Waals surface area (Å²) >= 11 is 3.12. The number of carboxylic acid groups (broad SMARTS) is 1. The minimum atomic E-state index is -0.831. The van der Waals surface area contributed by atoms with Crippen LogP contribution in [0.1, 0.15) is 12.0 Å². The van der Waals surface area contributed by atoms with Crippen molar-refractivity contribution in [2.24, 2.45) is 0 Å². The number of alkyl halides is 1. The van der Waals surface area contributed by atoms with Crippen LogP contribution in [0.25, 0.3) is 0 Å². The van der Waals surface area contributed by atoms with Crippen molar-refractivity contribution in [3.05, 3.63) is 23.8 Å². The molecule has 1 heterocycles. The minimum Gasteiger partial charge on any atom is -0.486 e. The molecule has 1 N–H and O–H groups in total. The van der Waals surface area contributed by atoms with E-state index >= 15 is 0 Å². The normalized spacial score (nSPS) is 15.4. The predicted octanol–water partition coefficient (Wildman–Crippen LogP) is 2.24. The molecule has 92 valence electrons. The zero-order valence-electron chi connectivity index (χ0n) is 9.19. The van der Waals surface area contributed by atoms with Crippen LogP contribution in [0, 0.1) is 0 Å². The van der Waals surface area contributed by atoms with Gasteiger partial charge in [-0.05, 0) is 30.5 Å². The average Bonchev–Trinajstić information content (AvgIpc) is 2.35. The van der Waals surface area contributed by atoms with Gasteiger partial charge < -0.3 is 14.6 Å². The number of carbonyl (C=O) groups is 1. The summed E-state index contributed by atoms with van der Waals surface area (Å²) in [6.07, 6.45) is 1.24. The first-order valence-corrected chi connectivity index (χ1v) is 6.34. The molecule has 4 nitrogen and oxygen atoms in total. The summed E-state index contributed by atoms with van der Waals surface area (Å²) in [5.74, 6) is 0.673. The lowest BCUT2D eigenvalue weighted by atomic mass is 10.1. The summed E-state index contributed by atoms with van der Waals surface area (Å²) < 4.78 is 10.9. The largest absolute Gasteiger partial charge is 0.486 e. The molecule has 0 fully saturated rings. The van der Waals surface area contributed by atoms with Gasteiger partial charge in [0.1, 0.15) is 18.0 Å². The second-order valence-electron chi connectivity index (χ2n) is 3.82. The third kappa shape index (κ3) is 3.12. The van der Waals surface area contributed by atoms with Gasteiger partial charge in [0.25, 0.3) is 0 Å². The Hall–Kier alpha value is -1.23. The molecule has 5 heteroatoms. The summed E-state index contributed by atoms with van der Waals surface area (Å²) in [6, 6.07) is 5.72. The minimum absolute atomic E-state index is 0.504. The van der Waals surface area contributed by atoms with Gasteiger partial charge in [-0.2, -0.15) is 0 Å². The van der Waals surface area contributed by atoms with Crippen LogP contribution < -0.4 is 9.47 Å². The maximum Gasteiger partial charge on any atom is 0.317 e. The molecule has 1 aliphatic heterocycles. The molecule has 2 rings (SSSR count). The summed E-state index contributed by atoms with van der Waals surface area (Å²) in [6.45, 7) is 1.14. The van der Waals surface area contributed by atoms with E-state index in [0.717, 1.165) is 17.1 Å². The van der Waals surface area contributed by atoms with Crippen LogP contribution in [0.15, 0.2) is 18.2 Å². The Morgan fingerprint density at radius 1 is 1.35 bits per heavy atom. The molecule has 1 aromatic rings. The molecule has 1 aliphatic rings. The van der Waals surface area contributed by atoms with E-state index in [2.05, 4.69) is 15.9 Å². The van der Waals surface area contributed by atoms with Crippen LogP contribution in [-0.2, 0) is 11.2 Å². The number of halogens is 1. The molecule has 0 radical (unpaired) electrons. The number of fused-ring (bicyclic) bond motifs is 1. The van der Waals surface area contributed by atoms with Crippen molar-refractivity contribution in [2.75, 3.05) is 13.2 Å². The van der Waals surface area contributed by atoms with Crippen LogP contribution in [0.2, 0.25) is 0 Å². The average molecular weight is 301 g/mol. The van der Waals surface area contributed by atoms with Gasteiger partial charge in [-0.3, -0.25) is 4.79 Å². The molecular weight excluding hydrogens is 288 g/mol. The summed E-state index contributed by atoms with van der Waals surface area (Å²) in [5.41, 5.74) is 1.06. The Bertz CT molecular complexity index is 419. The van der Waals surface area contributed by atoms with E-state index in [4.69, 9.17) is 14.6 Å². The van der Waals surface area contributed by atoms with E-state index in [9.17, 15) is 4.79 Å². The van der Waals surface area contributed by atoms with Crippen molar-refractivity contribution < 1.29 is 19.4 Å². The predicted molar refractivity (Wildman–Crippen MR) is 66.1 cm³/mol. The lowest BCUT2D eigenvalue weighted by Crippen LogP contribution is -2.16. The third-order valence-corrected chi connectivity index (χ3v) is 3.41. The smallest absolute Gasteiger partial charge is 0.317 e. The van der Waals surface area contributed by atoms with Crippen molar-refractivity contribution in [2.45, 2.75) is 17.7 Å². The Labute approximate surface area is 108 Å². The van der Waals surface area contributed by atoms with E-state index in [1.807, 2.05) is 18.2 Å². The van der Waals surface area contributed by atoms with Gasteiger partial charge in [-0.1, -0.05) is 22.0 Å². The van der Waals surface area contributed by atoms with Gasteiger partial charge in [-0.15, -0.1) is 0 Å². The van der Waals surface area contributed by atoms with Gasteiger partial charge >= 0.3 is 5.97 Å². The van der Waals surface area contributed by atoms with Gasteiger partial charge in [0.05, 0.1) is 0 Å². The quantitative estimate of drug-likeness (QED) is 0.867. The number of ether oxygens (including phenoxy) is 2. The molecule has 0 aromatic heterocycles. The van der Waals surface area contributed by atoms with Crippen molar-refractivity contribution in [1.82, 2.24) is 0 Å². The maximum absolute atomic E-state index is 10.7. The highest BCUT2D eigenvalue weighted by Gasteiger charge is 2.15. The second kappa shape index (κ2) is 5.40. The van der Waals surface area contributed by atoms with Crippen molar-refractivity contribution in [3.8, 4) is 11.5 Å². The van der Waals surface area contributed by atoms with Gasteiger partial charge in [0.2, 0.25) is 0 Å². The number of aliphatic carboxylic acids is 1. The first-order chi connectivity index (χ1) is 8.16. The van der Waals surface area contributed by atoms with Gasteiger partial charge in [0, 0.05) is 0 Å². The first kappa shape index (κ1) is 12.2. The van der Waals surface area contributed by atoms with Crippen molar-refractivity contribution in [1.29, 1.82) is 0 Å². The number of aryl methyl sites for hydroxylation is 1. The Kier molecular flexibility index (Phi) is 3.89. The number of carboxylic acids is 1. The highest BCUT2D eigenvalue weighted by atomic mass is 79.9. The van der Waals surface area contributed by atoms with Crippen LogP contribution in [0.5, 0.6) is 11.5 Å². The zero-order valence-corrected chi connectivity index (χ0v) is 10.8. The Balaban J connectivity index is 2.00. The highest BCUT2D eigenvalue weighted by Crippen LogP contribution is 2.31. The third-order valence-electron chi connectivity index (χ3n) is 2.56. The fourth-order valence-electron chi connectivity index (χ4n) is 1.66. The first-order valence-electron chi connectivity index (χ1n) is 5.42. The topological polar surface area (TPSA) is 55.8 Å². The monoisotopic (exact) mass is 300 g/mol. The van der Waals surface area contributed by atoms with E-state index < -0.39 is 10.8 Å². The van der Waals surface area contributed by atoms with E-state index in [1.54, 1.807) is 0 Å². The Morgan fingerprint density at radius 3 is 2.76 bits per heavy atom. The molecule has 0 spiro atoms. The molecule has 17 heavy (non-hydrogen) atoms. The number of hydrogen-bond acceptors (Lipinski definition) is 3. The van der Waals surface area contributed by atoms with E-state index in [0.29, 0.717) is 26.1 Å². The van der Waals surface area contributed by atoms with Gasteiger partial charge in [0.15, 0.2) is 11.5 Å². The summed E-state index contributed by atoms with van der Waals surface area (Å²) in [7, 11) is 0. The van der Waals surface area contributed by atoms with Crippen LogP contribution in [-0.4, -0.2) is 29.1 Å². The zero-order chi connectivity index (χ0) is 12.3. The van der Waals surface area contributed by atoms with Crippen LogP contribution >= 0.6 is 15.9 Å². The maximum atomic E-state index is 10.7. The van der Waals surface area contributed by atoms with Crippen molar-refractivity contribution in [3.63, 3.8) is 0 Å².